The van der Waals surface area contributed by atoms with Gasteiger partial charge in [0.05, 0.1) is 0 Å². The summed E-state index contributed by atoms with van der Waals surface area (Å²) in [6.07, 6.45) is -0.0328. The fraction of sp³-hybridized carbons (Fsp3) is 0.417. The van der Waals surface area contributed by atoms with Crippen molar-refractivity contribution in [3.8, 4) is 11.5 Å². The molecule has 0 fully saturated rings. The first-order valence-corrected chi connectivity index (χ1v) is 6.13. The number of hydrogen-bond acceptors (Lipinski definition) is 4. The SMILES string of the molecule is NC(CCC(=O)O)c1cc2c(c(Cl)c1F)OCCO2. The van der Waals surface area contributed by atoms with E-state index in [1.54, 1.807) is 0 Å². The molecule has 1 aromatic carbocycles. The second kappa shape index (κ2) is 5.63. The van der Waals surface area contributed by atoms with Gasteiger partial charge in [-0.25, -0.2) is 4.39 Å². The molecular formula is C12H13ClFNO4. The zero-order chi connectivity index (χ0) is 14.0. The van der Waals surface area contributed by atoms with Gasteiger partial charge in [-0.15, -0.1) is 0 Å². The van der Waals surface area contributed by atoms with Crippen molar-refractivity contribution in [2.24, 2.45) is 5.73 Å². The van der Waals surface area contributed by atoms with Crippen molar-refractivity contribution in [2.75, 3.05) is 13.2 Å². The van der Waals surface area contributed by atoms with Crippen LogP contribution in [0.1, 0.15) is 24.4 Å². The van der Waals surface area contributed by atoms with Gasteiger partial charge in [0.15, 0.2) is 17.3 Å². The van der Waals surface area contributed by atoms with Crippen LogP contribution in [0.15, 0.2) is 6.07 Å². The minimum atomic E-state index is -0.987. The Morgan fingerprint density at radius 1 is 1.53 bits per heavy atom. The lowest BCUT2D eigenvalue weighted by atomic mass is 10.0. The molecule has 7 heteroatoms. The zero-order valence-corrected chi connectivity index (χ0v) is 10.7. The Hall–Kier alpha value is -1.53. The van der Waals surface area contributed by atoms with Crippen LogP contribution in [0.3, 0.4) is 0 Å². The highest BCUT2D eigenvalue weighted by molar-refractivity contribution is 6.32. The molecule has 0 spiro atoms. The molecule has 0 saturated carbocycles. The first-order chi connectivity index (χ1) is 9.00. The van der Waals surface area contributed by atoms with Crippen molar-refractivity contribution < 1.29 is 23.8 Å². The lowest BCUT2D eigenvalue weighted by molar-refractivity contribution is -0.137. The van der Waals surface area contributed by atoms with E-state index in [1.165, 1.54) is 6.07 Å². The van der Waals surface area contributed by atoms with Crippen LogP contribution >= 0.6 is 11.6 Å². The lowest BCUT2D eigenvalue weighted by Gasteiger charge is -2.22. The molecule has 1 aliphatic heterocycles. The van der Waals surface area contributed by atoms with Gasteiger partial charge in [0.25, 0.3) is 0 Å². The van der Waals surface area contributed by atoms with Crippen LogP contribution in [0.4, 0.5) is 4.39 Å². The van der Waals surface area contributed by atoms with Crippen LogP contribution in [-0.2, 0) is 4.79 Å². The number of nitrogens with two attached hydrogens (primary N) is 1. The van der Waals surface area contributed by atoms with Gasteiger partial charge in [-0.3, -0.25) is 4.79 Å². The molecule has 1 heterocycles. The van der Waals surface area contributed by atoms with Gasteiger partial charge in [0.1, 0.15) is 18.2 Å². The summed E-state index contributed by atoms with van der Waals surface area (Å²) in [6, 6.07) is 0.659. The van der Waals surface area contributed by atoms with Crippen molar-refractivity contribution in [1.82, 2.24) is 0 Å². The molecule has 0 radical (unpaired) electrons. The highest BCUT2D eigenvalue weighted by atomic mass is 35.5. The van der Waals surface area contributed by atoms with E-state index < -0.39 is 17.8 Å². The van der Waals surface area contributed by atoms with Crippen molar-refractivity contribution >= 4 is 17.6 Å². The molecule has 0 aromatic heterocycles. The number of fused-ring (bicyclic) bond motifs is 1. The van der Waals surface area contributed by atoms with E-state index in [9.17, 15) is 9.18 Å². The Labute approximate surface area is 114 Å². The number of aliphatic carboxylic acids is 1. The Bertz CT molecular complexity index is 509. The number of ether oxygens (including phenoxy) is 2. The van der Waals surface area contributed by atoms with E-state index in [1.807, 2.05) is 0 Å². The van der Waals surface area contributed by atoms with Crippen LogP contribution in [0, 0.1) is 5.82 Å². The zero-order valence-electron chi connectivity index (χ0n) is 9.99. The molecule has 19 heavy (non-hydrogen) atoms. The van der Waals surface area contributed by atoms with Crippen LogP contribution in [0.2, 0.25) is 5.02 Å². The fourth-order valence-corrected chi connectivity index (χ4v) is 2.10. The molecule has 3 N–H and O–H groups in total. The van der Waals surface area contributed by atoms with Gasteiger partial charge in [-0.1, -0.05) is 11.6 Å². The van der Waals surface area contributed by atoms with Crippen LogP contribution in [0.5, 0.6) is 11.5 Å². The second-order valence-electron chi connectivity index (χ2n) is 4.16. The van der Waals surface area contributed by atoms with E-state index in [2.05, 4.69) is 0 Å². The Balaban J connectivity index is 2.30. The molecular weight excluding hydrogens is 277 g/mol. The van der Waals surface area contributed by atoms with E-state index in [4.69, 9.17) is 31.9 Å². The van der Waals surface area contributed by atoms with Gasteiger partial charge in [-0.2, -0.15) is 0 Å². The first-order valence-electron chi connectivity index (χ1n) is 5.75. The second-order valence-corrected chi connectivity index (χ2v) is 4.53. The molecule has 5 nitrogen and oxygen atoms in total. The minimum absolute atomic E-state index is 0.113. The van der Waals surface area contributed by atoms with E-state index >= 15 is 0 Å². The van der Waals surface area contributed by atoms with Gasteiger partial charge < -0.3 is 20.3 Å². The standard InChI is InChI=1S/C12H13ClFNO4/c13-10-11(14)6(7(15)1-2-9(16)17)5-8-12(10)19-4-3-18-8/h5,7H,1-4,15H2,(H,16,17). The number of hydrogen-bond donors (Lipinski definition) is 2. The van der Waals surface area contributed by atoms with Crippen LogP contribution < -0.4 is 15.2 Å². The molecule has 1 atom stereocenters. The van der Waals surface area contributed by atoms with E-state index in [0.29, 0.717) is 19.0 Å². The fourth-order valence-electron chi connectivity index (χ4n) is 1.85. The van der Waals surface area contributed by atoms with E-state index in [-0.39, 0.29) is 29.2 Å². The van der Waals surface area contributed by atoms with Gasteiger partial charge in [0, 0.05) is 18.0 Å². The summed E-state index contributed by atoms with van der Waals surface area (Å²) in [5.41, 5.74) is 5.92. The normalized spacial score (nSPS) is 15.1. The predicted molar refractivity (Wildman–Crippen MR) is 66.2 cm³/mol. The van der Waals surface area contributed by atoms with Crippen LogP contribution in [-0.4, -0.2) is 24.3 Å². The number of halogens is 2. The Morgan fingerprint density at radius 2 is 2.21 bits per heavy atom. The quantitative estimate of drug-likeness (QED) is 0.887. The highest BCUT2D eigenvalue weighted by Crippen LogP contribution is 2.42. The Kier molecular flexibility index (Phi) is 4.11. The summed E-state index contributed by atoms with van der Waals surface area (Å²) in [7, 11) is 0. The largest absolute Gasteiger partial charge is 0.486 e. The maximum Gasteiger partial charge on any atom is 0.303 e. The third-order valence-corrected chi connectivity index (χ3v) is 3.15. The summed E-state index contributed by atoms with van der Waals surface area (Å²) < 4.78 is 24.6. The smallest absolute Gasteiger partial charge is 0.303 e. The topological polar surface area (TPSA) is 81.8 Å². The van der Waals surface area contributed by atoms with E-state index in [0.717, 1.165) is 0 Å². The third kappa shape index (κ3) is 2.90. The summed E-state index contributed by atoms with van der Waals surface area (Å²) >= 11 is 5.87. The maximum atomic E-state index is 14.1. The number of carboxylic acid groups (broad SMARTS) is 1. The number of rotatable bonds is 4. The van der Waals surface area contributed by atoms with Crippen molar-refractivity contribution in [3.05, 3.63) is 22.5 Å². The lowest BCUT2D eigenvalue weighted by Crippen LogP contribution is -2.19. The minimum Gasteiger partial charge on any atom is -0.486 e. The molecule has 1 unspecified atom stereocenters. The average Bonchev–Trinajstić information content (AvgIpc) is 2.40. The molecule has 0 bridgehead atoms. The summed E-state index contributed by atoms with van der Waals surface area (Å²) in [5, 5.41) is 8.42. The molecule has 1 aromatic rings. The van der Waals surface area contributed by atoms with Crippen molar-refractivity contribution in [1.29, 1.82) is 0 Å². The van der Waals surface area contributed by atoms with Gasteiger partial charge in [0.2, 0.25) is 0 Å². The summed E-state index contributed by atoms with van der Waals surface area (Å²) in [5.74, 6) is -1.18. The maximum absolute atomic E-state index is 14.1. The number of carbonyl (C=O) groups is 1. The molecule has 104 valence electrons. The molecule has 2 rings (SSSR count). The average molecular weight is 290 g/mol. The molecule has 0 aliphatic carbocycles. The summed E-state index contributed by atoms with van der Waals surface area (Å²) in [4.78, 5) is 10.5. The van der Waals surface area contributed by atoms with Crippen molar-refractivity contribution in [3.63, 3.8) is 0 Å². The first kappa shape index (κ1) is 13.9. The highest BCUT2D eigenvalue weighted by Gasteiger charge is 2.24. The summed E-state index contributed by atoms with van der Waals surface area (Å²) in [6.45, 7) is 0.648. The molecule has 0 saturated heterocycles. The third-order valence-electron chi connectivity index (χ3n) is 2.81. The number of carboxylic acids is 1. The van der Waals surface area contributed by atoms with Crippen molar-refractivity contribution in [2.45, 2.75) is 18.9 Å². The van der Waals surface area contributed by atoms with Gasteiger partial charge in [-0.05, 0) is 12.5 Å². The molecule has 1 aliphatic rings. The number of benzene rings is 1. The Morgan fingerprint density at radius 3 is 2.89 bits per heavy atom. The predicted octanol–water partition coefficient (Wildman–Crippen LogP) is 2.11. The molecule has 0 amide bonds. The van der Waals surface area contributed by atoms with Gasteiger partial charge >= 0.3 is 5.97 Å². The monoisotopic (exact) mass is 289 g/mol. The van der Waals surface area contributed by atoms with Crippen LogP contribution in [0.25, 0.3) is 0 Å².